The van der Waals surface area contributed by atoms with Gasteiger partial charge < -0.3 is 24.6 Å². The Morgan fingerprint density at radius 1 is 1.21 bits per heavy atom. The normalized spacial score (nSPS) is 18.7. The summed E-state index contributed by atoms with van der Waals surface area (Å²) in [6.07, 6.45) is -0.676. The number of hydrogen-bond donors (Lipinski definition) is 2. The molecule has 0 aliphatic carbocycles. The van der Waals surface area contributed by atoms with E-state index < -0.39 is 12.1 Å². The quantitative estimate of drug-likeness (QED) is 0.512. The van der Waals surface area contributed by atoms with Crippen LogP contribution in [-0.2, 0) is 14.3 Å². The van der Waals surface area contributed by atoms with Crippen LogP contribution in [0.2, 0.25) is 5.02 Å². The van der Waals surface area contributed by atoms with Crippen molar-refractivity contribution in [2.75, 3.05) is 32.1 Å². The highest BCUT2D eigenvalue weighted by Gasteiger charge is 2.39. The number of methoxy groups -OCH3 is 1. The number of aliphatic hydroxyl groups is 1. The molecule has 0 aromatic heterocycles. The molecule has 2 N–H and O–H groups in total. The van der Waals surface area contributed by atoms with Crippen LogP contribution in [0.25, 0.3) is 0 Å². The van der Waals surface area contributed by atoms with Crippen LogP contribution in [0.5, 0.6) is 11.5 Å². The summed E-state index contributed by atoms with van der Waals surface area (Å²) in [4.78, 5) is 25.5. The molecule has 3 atom stereocenters. The number of β-amino-alcohol motifs (C(OH)–C–C–N with tert-alkyl or cyclic N) is 1. The van der Waals surface area contributed by atoms with Crippen LogP contribution in [0.4, 0.5) is 5.69 Å². The summed E-state index contributed by atoms with van der Waals surface area (Å²) in [7, 11) is 1.34. The second-order valence-electron chi connectivity index (χ2n) is 7.56. The molecule has 1 fully saturated rings. The van der Waals surface area contributed by atoms with E-state index in [9.17, 15) is 14.7 Å². The van der Waals surface area contributed by atoms with Gasteiger partial charge in [-0.1, -0.05) is 23.7 Å². The van der Waals surface area contributed by atoms with Crippen LogP contribution in [0.3, 0.4) is 0 Å². The summed E-state index contributed by atoms with van der Waals surface area (Å²) in [5, 5.41) is 13.9. The van der Waals surface area contributed by atoms with Gasteiger partial charge in [0, 0.05) is 31.5 Å². The lowest BCUT2D eigenvalue weighted by Gasteiger charge is -2.25. The molecule has 0 radical (unpaired) electrons. The van der Waals surface area contributed by atoms with Crippen molar-refractivity contribution in [3.8, 4) is 11.5 Å². The molecule has 0 spiro atoms. The van der Waals surface area contributed by atoms with Gasteiger partial charge in [0.2, 0.25) is 5.91 Å². The Morgan fingerprint density at radius 3 is 2.58 bits per heavy atom. The van der Waals surface area contributed by atoms with Gasteiger partial charge in [-0.2, -0.15) is 0 Å². The molecule has 1 heterocycles. The number of likely N-dealkylation sites (tertiary alicyclic amines) is 1. The number of nitrogens with zero attached hydrogens (tertiary/aromatic N) is 1. The Bertz CT molecular complexity index is 927. The van der Waals surface area contributed by atoms with Crippen molar-refractivity contribution in [3.63, 3.8) is 0 Å². The maximum absolute atomic E-state index is 12.3. The van der Waals surface area contributed by atoms with Crippen molar-refractivity contribution in [1.29, 1.82) is 0 Å². The van der Waals surface area contributed by atoms with Gasteiger partial charge in [0.1, 0.15) is 36.4 Å². The van der Waals surface area contributed by atoms with Crippen LogP contribution in [0.1, 0.15) is 13.3 Å². The highest BCUT2D eigenvalue weighted by molar-refractivity contribution is 6.30. The Kier molecular flexibility index (Phi) is 10.2. The molecule has 3 rings (SSSR count). The lowest BCUT2D eigenvalue weighted by molar-refractivity contribution is -0.146. The summed E-state index contributed by atoms with van der Waals surface area (Å²) in [6.45, 7) is 2.04. The maximum atomic E-state index is 12.3. The van der Waals surface area contributed by atoms with E-state index in [0.29, 0.717) is 35.2 Å². The summed E-state index contributed by atoms with van der Waals surface area (Å²) < 4.78 is 16.6. The fourth-order valence-electron chi connectivity index (χ4n) is 3.63. The van der Waals surface area contributed by atoms with Crippen molar-refractivity contribution in [1.82, 2.24) is 4.90 Å². The average molecular weight is 499 g/mol. The van der Waals surface area contributed by atoms with Crippen molar-refractivity contribution in [2.45, 2.75) is 31.6 Å². The Morgan fingerprint density at radius 2 is 1.91 bits per heavy atom. The second kappa shape index (κ2) is 12.6. The minimum absolute atomic E-state index is 0. The molecular formula is C23H28Cl2N2O6. The van der Waals surface area contributed by atoms with Crippen molar-refractivity contribution < 1.29 is 28.9 Å². The van der Waals surface area contributed by atoms with Gasteiger partial charge in [-0.05, 0) is 36.4 Å². The van der Waals surface area contributed by atoms with Gasteiger partial charge in [-0.25, -0.2) is 0 Å². The zero-order valence-electron chi connectivity index (χ0n) is 18.4. The first-order valence-corrected chi connectivity index (χ1v) is 10.6. The van der Waals surface area contributed by atoms with Crippen molar-refractivity contribution in [3.05, 3.63) is 53.6 Å². The van der Waals surface area contributed by atoms with Gasteiger partial charge in [-0.3, -0.25) is 14.5 Å². The lowest BCUT2D eigenvalue weighted by Crippen LogP contribution is -2.43. The number of anilines is 1. The van der Waals surface area contributed by atoms with E-state index in [2.05, 4.69) is 5.32 Å². The van der Waals surface area contributed by atoms with Crippen molar-refractivity contribution in [2.24, 2.45) is 0 Å². The number of esters is 1. The van der Waals surface area contributed by atoms with Crippen LogP contribution < -0.4 is 14.8 Å². The molecule has 0 saturated carbocycles. The molecule has 1 aliphatic rings. The number of para-hydroxylation sites is 2. The largest absolute Gasteiger partial charge is 0.489 e. The van der Waals surface area contributed by atoms with E-state index in [-0.39, 0.29) is 43.5 Å². The molecule has 2 aromatic carbocycles. The monoisotopic (exact) mass is 498 g/mol. The molecule has 180 valence electrons. The third-order valence-corrected chi connectivity index (χ3v) is 5.28. The SMILES string of the molecule is COC(=O)[C@@H]1C[C@H](Oc2ccc(Cl)cc2)CN1CC(O)COc1ccccc1NC(C)=O.Cl. The molecular weight excluding hydrogens is 471 g/mol. The number of amides is 1. The zero-order valence-corrected chi connectivity index (χ0v) is 20.0. The van der Waals surface area contributed by atoms with Crippen LogP contribution in [-0.4, -0.2) is 66.9 Å². The first-order chi connectivity index (χ1) is 15.4. The smallest absolute Gasteiger partial charge is 0.323 e. The molecule has 1 saturated heterocycles. The highest BCUT2D eigenvalue weighted by Crippen LogP contribution is 2.26. The number of nitrogens with one attached hydrogen (secondary N) is 1. The minimum Gasteiger partial charge on any atom is -0.489 e. The number of carbonyl (C=O) groups is 2. The summed E-state index contributed by atoms with van der Waals surface area (Å²) >= 11 is 5.92. The van der Waals surface area contributed by atoms with E-state index in [1.165, 1.54) is 14.0 Å². The average Bonchev–Trinajstić information content (AvgIpc) is 3.15. The van der Waals surface area contributed by atoms with Gasteiger partial charge in [0.15, 0.2) is 0 Å². The third-order valence-electron chi connectivity index (χ3n) is 5.03. The van der Waals surface area contributed by atoms with E-state index in [1.807, 2.05) is 4.90 Å². The number of rotatable bonds is 9. The van der Waals surface area contributed by atoms with Crippen LogP contribution in [0, 0.1) is 0 Å². The first kappa shape index (κ1) is 26.7. The van der Waals surface area contributed by atoms with Crippen LogP contribution in [0.15, 0.2) is 48.5 Å². The molecule has 1 amide bonds. The molecule has 0 bridgehead atoms. The summed E-state index contributed by atoms with van der Waals surface area (Å²) in [5.74, 6) is 0.516. The Labute approximate surface area is 204 Å². The fourth-order valence-corrected chi connectivity index (χ4v) is 3.76. The molecule has 8 nitrogen and oxygen atoms in total. The molecule has 1 aliphatic heterocycles. The van der Waals surface area contributed by atoms with Crippen molar-refractivity contribution >= 4 is 41.6 Å². The molecule has 1 unspecified atom stereocenters. The summed E-state index contributed by atoms with van der Waals surface area (Å²) in [5.41, 5.74) is 0.525. The van der Waals surface area contributed by atoms with Gasteiger partial charge >= 0.3 is 5.97 Å². The van der Waals surface area contributed by atoms with Gasteiger partial charge in [0.25, 0.3) is 0 Å². The predicted molar refractivity (Wildman–Crippen MR) is 127 cm³/mol. The molecule has 33 heavy (non-hydrogen) atoms. The van der Waals surface area contributed by atoms with Gasteiger partial charge in [0.05, 0.1) is 12.8 Å². The lowest BCUT2D eigenvalue weighted by atomic mass is 10.2. The number of aliphatic hydroxyl groups excluding tert-OH is 1. The highest BCUT2D eigenvalue weighted by atomic mass is 35.5. The van der Waals surface area contributed by atoms with E-state index >= 15 is 0 Å². The second-order valence-corrected chi connectivity index (χ2v) is 8.00. The van der Waals surface area contributed by atoms with Gasteiger partial charge in [-0.15, -0.1) is 12.4 Å². The standard InChI is InChI=1S/C23H27ClN2O6.ClH/c1-15(27)25-20-5-3-4-6-22(20)31-14-17(28)12-26-13-19(11-21(26)23(29)30-2)32-18-9-7-16(24)8-10-18;/h3-10,17,19,21,28H,11-14H2,1-2H3,(H,25,27);1H/t17?,19-,21-;/m0./s1. The van der Waals surface area contributed by atoms with Crippen LogP contribution >= 0.6 is 24.0 Å². The summed E-state index contributed by atoms with van der Waals surface area (Å²) in [6, 6.07) is 13.5. The van der Waals surface area contributed by atoms with E-state index in [4.69, 9.17) is 25.8 Å². The number of carbonyl (C=O) groups excluding carboxylic acids is 2. The molecule has 10 heteroatoms. The topological polar surface area (TPSA) is 97.3 Å². The number of ether oxygens (including phenoxy) is 3. The maximum Gasteiger partial charge on any atom is 0.323 e. The number of hydrogen-bond acceptors (Lipinski definition) is 7. The predicted octanol–water partition coefficient (Wildman–Crippen LogP) is 3.15. The Balaban J connectivity index is 0.00000385. The van der Waals surface area contributed by atoms with E-state index in [0.717, 1.165) is 0 Å². The third kappa shape index (κ3) is 7.78. The Hall–Kier alpha value is -2.52. The zero-order chi connectivity index (χ0) is 23.1. The molecule has 2 aromatic rings. The number of halogens is 2. The first-order valence-electron chi connectivity index (χ1n) is 10.3. The van der Waals surface area contributed by atoms with E-state index in [1.54, 1.807) is 48.5 Å². The number of benzene rings is 2. The minimum atomic E-state index is -0.873. The fraction of sp³-hybridized carbons (Fsp3) is 0.391.